The number of rotatable bonds is 5. The summed E-state index contributed by atoms with van der Waals surface area (Å²) in [5, 5.41) is 12.1. The first-order chi connectivity index (χ1) is 7.24. The van der Waals surface area contributed by atoms with Gasteiger partial charge in [0.1, 0.15) is 5.75 Å². The third-order valence-corrected chi connectivity index (χ3v) is 1.97. The number of amides is 1. The standard InChI is InChI=1S/C11H15NO3/c1-15-7-6-12-11(14)8-9-4-2-3-5-10(9)13/h2-5,13H,6-8H2,1H3,(H,12,14). The first kappa shape index (κ1) is 11.5. The molecule has 0 aliphatic rings. The van der Waals surface area contributed by atoms with E-state index in [1.54, 1.807) is 31.4 Å². The van der Waals surface area contributed by atoms with Gasteiger partial charge in [-0.25, -0.2) is 0 Å². The largest absolute Gasteiger partial charge is 0.508 e. The van der Waals surface area contributed by atoms with Gasteiger partial charge in [0.15, 0.2) is 0 Å². The second kappa shape index (κ2) is 6.03. The summed E-state index contributed by atoms with van der Waals surface area (Å²) in [5.41, 5.74) is 0.632. The Bertz CT molecular complexity index is 325. The minimum absolute atomic E-state index is 0.117. The Morgan fingerprint density at radius 3 is 2.87 bits per heavy atom. The molecule has 0 saturated carbocycles. The molecule has 0 aliphatic heterocycles. The summed E-state index contributed by atoms with van der Waals surface area (Å²) in [6, 6.07) is 6.81. The molecule has 4 nitrogen and oxygen atoms in total. The van der Waals surface area contributed by atoms with Crippen LogP contribution in [0.2, 0.25) is 0 Å². The van der Waals surface area contributed by atoms with Gasteiger partial charge in [0, 0.05) is 19.2 Å². The van der Waals surface area contributed by atoms with E-state index in [-0.39, 0.29) is 18.1 Å². The molecule has 1 amide bonds. The Morgan fingerprint density at radius 2 is 2.20 bits per heavy atom. The van der Waals surface area contributed by atoms with Gasteiger partial charge in [0.05, 0.1) is 13.0 Å². The van der Waals surface area contributed by atoms with Crippen molar-refractivity contribution in [3.63, 3.8) is 0 Å². The molecule has 15 heavy (non-hydrogen) atoms. The first-order valence-corrected chi connectivity index (χ1v) is 4.76. The van der Waals surface area contributed by atoms with E-state index in [0.717, 1.165) is 0 Å². The number of hydrogen-bond acceptors (Lipinski definition) is 3. The fraction of sp³-hybridized carbons (Fsp3) is 0.364. The van der Waals surface area contributed by atoms with Gasteiger partial charge in [0.2, 0.25) is 5.91 Å². The Morgan fingerprint density at radius 1 is 1.47 bits per heavy atom. The van der Waals surface area contributed by atoms with Crippen LogP contribution in [0, 0.1) is 0 Å². The minimum atomic E-state index is -0.117. The molecule has 4 heteroatoms. The monoisotopic (exact) mass is 209 g/mol. The zero-order chi connectivity index (χ0) is 11.1. The molecule has 0 bridgehead atoms. The van der Waals surface area contributed by atoms with E-state index in [2.05, 4.69) is 5.32 Å². The highest BCUT2D eigenvalue weighted by molar-refractivity contribution is 5.79. The molecule has 0 heterocycles. The summed E-state index contributed by atoms with van der Waals surface area (Å²) < 4.78 is 4.80. The molecule has 1 rings (SSSR count). The minimum Gasteiger partial charge on any atom is -0.508 e. The average molecular weight is 209 g/mol. The number of ether oxygens (including phenoxy) is 1. The molecule has 0 spiro atoms. The highest BCUT2D eigenvalue weighted by Gasteiger charge is 2.05. The lowest BCUT2D eigenvalue weighted by Crippen LogP contribution is -2.28. The number of methoxy groups -OCH3 is 1. The van der Waals surface area contributed by atoms with E-state index in [1.807, 2.05) is 0 Å². The van der Waals surface area contributed by atoms with Crippen LogP contribution in [0.1, 0.15) is 5.56 Å². The number of carbonyl (C=O) groups excluding carboxylic acids is 1. The van der Waals surface area contributed by atoms with Crippen molar-refractivity contribution in [2.75, 3.05) is 20.3 Å². The maximum atomic E-state index is 11.4. The number of aromatic hydroxyl groups is 1. The van der Waals surface area contributed by atoms with Crippen LogP contribution in [0.5, 0.6) is 5.75 Å². The van der Waals surface area contributed by atoms with Crippen molar-refractivity contribution in [2.45, 2.75) is 6.42 Å². The summed E-state index contributed by atoms with van der Waals surface area (Å²) in [6.45, 7) is 0.982. The van der Waals surface area contributed by atoms with Gasteiger partial charge in [-0.2, -0.15) is 0 Å². The summed E-state index contributed by atoms with van der Waals surface area (Å²) in [7, 11) is 1.58. The van der Waals surface area contributed by atoms with Gasteiger partial charge in [0.25, 0.3) is 0 Å². The van der Waals surface area contributed by atoms with Gasteiger partial charge in [-0.05, 0) is 6.07 Å². The Labute approximate surface area is 88.9 Å². The highest BCUT2D eigenvalue weighted by atomic mass is 16.5. The molecule has 0 atom stereocenters. The first-order valence-electron chi connectivity index (χ1n) is 4.76. The van der Waals surface area contributed by atoms with Crippen LogP contribution in [0.4, 0.5) is 0 Å². The SMILES string of the molecule is COCCNC(=O)Cc1ccccc1O. The van der Waals surface area contributed by atoms with Crippen LogP contribution in [0.3, 0.4) is 0 Å². The molecule has 0 saturated heterocycles. The van der Waals surface area contributed by atoms with E-state index in [0.29, 0.717) is 18.7 Å². The molecule has 0 aromatic heterocycles. The quantitative estimate of drug-likeness (QED) is 0.702. The lowest BCUT2D eigenvalue weighted by atomic mass is 10.1. The molecule has 1 aromatic carbocycles. The van der Waals surface area contributed by atoms with Crippen molar-refractivity contribution in [1.82, 2.24) is 5.32 Å². The molecule has 0 aliphatic carbocycles. The zero-order valence-electron chi connectivity index (χ0n) is 8.69. The van der Waals surface area contributed by atoms with Crippen molar-refractivity contribution in [1.29, 1.82) is 0 Å². The normalized spacial score (nSPS) is 9.93. The van der Waals surface area contributed by atoms with Crippen LogP contribution in [-0.2, 0) is 16.0 Å². The fourth-order valence-corrected chi connectivity index (χ4v) is 1.19. The lowest BCUT2D eigenvalue weighted by molar-refractivity contribution is -0.120. The van der Waals surface area contributed by atoms with E-state index >= 15 is 0 Å². The number of nitrogens with one attached hydrogen (secondary N) is 1. The number of para-hydroxylation sites is 1. The second-order valence-electron chi connectivity index (χ2n) is 3.15. The number of phenolic OH excluding ortho intramolecular Hbond substituents is 1. The third-order valence-electron chi connectivity index (χ3n) is 1.97. The van der Waals surface area contributed by atoms with Gasteiger partial charge in [-0.15, -0.1) is 0 Å². The fourth-order valence-electron chi connectivity index (χ4n) is 1.19. The lowest BCUT2D eigenvalue weighted by Gasteiger charge is -2.05. The van der Waals surface area contributed by atoms with E-state index in [1.165, 1.54) is 0 Å². The summed E-state index contributed by atoms with van der Waals surface area (Å²) in [4.78, 5) is 11.4. The van der Waals surface area contributed by atoms with Gasteiger partial charge in [-0.1, -0.05) is 18.2 Å². The van der Waals surface area contributed by atoms with Crippen LogP contribution in [-0.4, -0.2) is 31.3 Å². The van der Waals surface area contributed by atoms with Crippen molar-refractivity contribution in [3.05, 3.63) is 29.8 Å². The van der Waals surface area contributed by atoms with Crippen LogP contribution < -0.4 is 5.32 Å². The molecular formula is C11H15NO3. The predicted molar refractivity (Wildman–Crippen MR) is 56.7 cm³/mol. The molecule has 82 valence electrons. The zero-order valence-corrected chi connectivity index (χ0v) is 8.69. The third kappa shape index (κ3) is 3.99. The average Bonchev–Trinajstić information content (AvgIpc) is 2.22. The van der Waals surface area contributed by atoms with E-state index in [9.17, 15) is 9.90 Å². The predicted octanol–water partition coefficient (Wildman–Crippen LogP) is 0.697. The van der Waals surface area contributed by atoms with Gasteiger partial charge >= 0.3 is 0 Å². The van der Waals surface area contributed by atoms with Crippen molar-refractivity contribution in [2.24, 2.45) is 0 Å². The van der Waals surface area contributed by atoms with Crippen LogP contribution in [0.15, 0.2) is 24.3 Å². The highest BCUT2D eigenvalue weighted by Crippen LogP contribution is 2.15. The van der Waals surface area contributed by atoms with E-state index < -0.39 is 0 Å². The topological polar surface area (TPSA) is 58.6 Å². The summed E-state index contributed by atoms with van der Waals surface area (Å²) in [6.07, 6.45) is 0.191. The molecular weight excluding hydrogens is 194 g/mol. The summed E-state index contributed by atoms with van der Waals surface area (Å²) in [5.74, 6) is 0.0351. The molecule has 0 fully saturated rings. The molecule has 1 aromatic rings. The van der Waals surface area contributed by atoms with Crippen molar-refractivity contribution >= 4 is 5.91 Å². The van der Waals surface area contributed by atoms with Gasteiger partial charge < -0.3 is 15.2 Å². The number of phenols is 1. The maximum absolute atomic E-state index is 11.4. The number of hydrogen-bond donors (Lipinski definition) is 2. The molecule has 2 N–H and O–H groups in total. The maximum Gasteiger partial charge on any atom is 0.224 e. The Hall–Kier alpha value is -1.55. The molecule has 0 unspecified atom stereocenters. The number of benzene rings is 1. The summed E-state index contributed by atoms with van der Waals surface area (Å²) >= 11 is 0. The van der Waals surface area contributed by atoms with Crippen molar-refractivity contribution in [3.8, 4) is 5.75 Å². The molecule has 0 radical (unpaired) electrons. The smallest absolute Gasteiger partial charge is 0.224 e. The van der Waals surface area contributed by atoms with Crippen molar-refractivity contribution < 1.29 is 14.6 Å². The van der Waals surface area contributed by atoms with Gasteiger partial charge in [-0.3, -0.25) is 4.79 Å². The Balaban J connectivity index is 2.41. The van der Waals surface area contributed by atoms with Crippen LogP contribution in [0.25, 0.3) is 0 Å². The van der Waals surface area contributed by atoms with E-state index in [4.69, 9.17) is 4.74 Å². The Kier molecular flexibility index (Phi) is 4.63. The number of carbonyl (C=O) groups is 1. The van der Waals surface area contributed by atoms with Crippen LogP contribution >= 0.6 is 0 Å². The second-order valence-corrected chi connectivity index (χ2v) is 3.15.